The van der Waals surface area contributed by atoms with Gasteiger partial charge in [0.05, 0.1) is 11.7 Å². The van der Waals surface area contributed by atoms with Crippen molar-refractivity contribution in [3.8, 4) is 0 Å². The average Bonchev–Trinajstić information content (AvgIpc) is 2.73. The zero-order valence-electron chi connectivity index (χ0n) is 10.5. The summed E-state index contributed by atoms with van der Waals surface area (Å²) in [5.74, 6) is 0.805. The van der Waals surface area contributed by atoms with Gasteiger partial charge in [-0.1, -0.05) is 19.1 Å². The molecule has 3 heteroatoms. The maximum Gasteiger partial charge on any atom is 0.0682 e. The number of rotatable bonds is 1. The third-order valence-electron chi connectivity index (χ3n) is 3.86. The second kappa shape index (κ2) is 4.15. The summed E-state index contributed by atoms with van der Waals surface area (Å²) in [6.07, 6.45) is 4.54. The number of nitrogens with one attached hydrogen (secondary N) is 1. The third-order valence-corrected chi connectivity index (χ3v) is 3.86. The van der Waals surface area contributed by atoms with Crippen LogP contribution < -0.4 is 5.32 Å². The lowest BCUT2D eigenvalue weighted by atomic mass is 9.91. The first-order chi connectivity index (χ1) is 8.25. The van der Waals surface area contributed by atoms with E-state index >= 15 is 0 Å². The maximum atomic E-state index is 4.36. The average molecular weight is 229 g/mol. The molecule has 0 saturated carbocycles. The van der Waals surface area contributed by atoms with Crippen LogP contribution >= 0.6 is 0 Å². The van der Waals surface area contributed by atoms with Crippen molar-refractivity contribution in [3.63, 3.8) is 0 Å². The Hall–Kier alpha value is -1.35. The maximum absolute atomic E-state index is 4.36. The molecule has 2 heterocycles. The van der Waals surface area contributed by atoms with Crippen LogP contribution in [0.1, 0.15) is 31.4 Å². The molecule has 1 aliphatic rings. The van der Waals surface area contributed by atoms with Crippen LogP contribution in [0.15, 0.2) is 24.4 Å². The quantitative estimate of drug-likeness (QED) is 0.814. The molecule has 90 valence electrons. The van der Waals surface area contributed by atoms with E-state index in [0.717, 1.165) is 12.5 Å². The molecule has 3 rings (SSSR count). The van der Waals surface area contributed by atoms with E-state index in [4.69, 9.17) is 0 Å². The van der Waals surface area contributed by atoms with Crippen LogP contribution in [0.4, 0.5) is 0 Å². The Bertz CT molecular complexity index is 521. The first-order valence-electron chi connectivity index (χ1n) is 6.39. The molecule has 1 aromatic heterocycles. The third kappa shape index (κ3) is 1.84. The topological polar surface area (TPSA) is 29.9 Å². The predicted molar refractivity (Wildman–Crippen MR) is 69.9 cm³/mol. The van der Waals surface area contributed by atoms with Gasteiger partial charge in [-0.2, -0.15) is 5.10 Å². The molecular formula is C14H19N3. The van der Waals surface area contributed by atoms with E-state index in [2.05, 4.69) is 35.5 Å². The SMILES string of the molecule is CC1CCC(c2cccc3c2cnn3C)NC1. The molecule has 2 atom stereocenters. The number of piperidine rings is 1. The van der Waals surface area contributed by atoms with Crippen LogP contribution in [-0.4, -0.2) is 16.3 Å². The van der Waals surface area contributed by atoms with Gasteiger partial charge in [0.2, 0.25) is 0 Å². The molecule has 2 unspecified atom stereocenters. The van der Waals surface area contributed by atoms with Gasteiger partial charge in [0, 0.05) is 18.5 Å². The van der Waals surface area contributed by atoms with Crippen molar-refractivity contribution < 1.29 is 0 Å². The van der Waals surface area contributed by atoms with E-state index in [1.54, 1.807) is 0 Å². The summed E-state index contributed by atoms with van der Waals surface area (Å²) in [6, 6.07) is 7.01. The smallest absolute Gasteiger partial charge is 0.0682 e. The lowest BCUT2D eigenvalue weighted by Crippen LogP contribution is -2.31. The zero-order valence-corrected chi connectivity index (χ0v) is 10.5. The molecule has 2 aromatic rings. The van der Waals surface area contributed by atoms with Crippen molar-refractivity contribution >= 4 is 10.9 Å². The highest BCUT2D eigenvalue weighted by Gasteiger charge is 2.20. The summed E-state index contributed by atoms with van der Waals surface area (Å²) >= 11 is 0. The first-order valence-corrected chi connectivity index (χ1v) is 6.39. The largest absolute Gasteiger partial charge is 0.310 e. The highest BCUT2D eigenvalue weighted by Crippen LogP contribution is 2.30. The molecule has 1 fully saturated rings. The molecule has 0 radical (unpaired) electrons. The zero-order chi connectivity index (χ0) is 11.8. The lowest BCUT2D eigenvalue weighted by Gasteiger charge is -2.28. The summed E-state index contributed by atoms with van der Waals surface area (Å²) in [6.45, 7) is 3.44. The van der Waals surface area contributed by atoms with Gasteiger partial charge in [-0.3, -0.25) is 4.68 Å². The Balaban J connectivity index is 2.00. The molecule has 0 spiro atoms. The number of nitrogens with zero attached hydrogens (tertiary/aromatic N) is 2. The van der Waals surface area contributed by atoms with Crippen molar-refractivity contribution in [2.24, 2.45) is 13.0 Å². The molecule has 17 heavy (non-hydrogen) atoms. The van der Waals surface area contributed by atoms with Gasteiger partial charge in [-0.15, -0.1) is 0 Å². The fourth-order valence-electron chi connectivity index (χ4n) is 2.77. The van der Waals surface area contributed by atoms with Crippen molar-refractivity contribution in [2.45, 2.75) is 25.8 Å². The normalized spacial score (nSPS) is 25.3. The van der Waals surface area contributed by atoms with Crippen molar-refractivity contribution in [1.82, 2.24) is 15.1 Å². The number of hydrogen-bond acceptors (Lipinski definition) is 2. The van der Waals surface area contributed by atoms with Crippen molar-refractivity contribution in [3.05, 3.63) is 30.0 Å². The minimum atomic E-state index is 0.499. The Labute approximate surface area is 102 Å². The summed E-state index contributed by atoms with van der Waals surface area (Å²) in [5, 5.41) is 9.30. The van der Waals surface area contributed by atoms with E-state index < -0.39 is 0 Å². The van der Waals surface area contributed by atoms with Crippen LogP contribution in [0.2, 0.25) is 0 Å². The van der Waals surface area contributed by atoms with Crippen LogP contribution in [0.25, 0.3) is 10.9 Å². The summed E-state index contributed by atoms with van der Waals surface area (Å²) in [4.78, 5) is 0. The molecule has 0 bridgehead atoms. The highest BCUT2D eigenvalue weighted by atomic mass is 15.2. The van der Waals surface area contributed by atoms with Gasteiger partial charge < -0.3 is 5.32 Å². The van der Waals surface area contributed by atoms with Crippen LogP contribution in [0.5, 0.6) is 0 Å². The van der Waals surface area contributed by atoms with Crippen molar-refractivity contribution in [2.75, 3.05) is 6.54 Å². The molecule has 1 N–H and O–H groups in total. The minimum Gasteiger partial charge on any atom is -0.310 e. The van der Waals surface area contributed by atoms with Gasteiger partial charge in [-0.05, 0) is 36.9 Å². The van der Waals surface area contributed by atoms with Crippen molar-refractivity contribution in [1.29, 1.82) is 0 Å². The molecule has 0 aliphatic carbocycles. The summed E-state index contributed by atoms with van der Waals surface area (Å²) < 4.78 is 1.95. The van der Waals surface area contributed by atoms with Gasteiger partial charge in [0.15, 0.2) is 0 Å². The molecule has 3 nitrogen and oxygen atoms in total. The number of benzene rings is 1. The van der Waals surface area contributed by atoms with Gasteiger partial charge >= 0.3 is 0 Å². The Kier molecular flexibility index (Phi) is 2.63. The van der Waals surface area contributed by atoms with Gasteiger partial charge in [-0.25, -0.2) is 0 Å². The Morgan fingerprint density at radius 3 is 3.00 bits per heavy atom. The Morgan fingerprint density at radius 2 is 2.24 bits per heavy atom. The minimum absolute atomic E-state index is 0.499. The summed E-state index contributed by atoms with van der Waals surface area (Å²) in [7, 11) is 2.00. The molecular weight excluding hydrogens is 210 g/mol. The molecule has 1 aromatic carbocycles. The lowest BCUT2D eigenvalue weighted by molar-refractivity contribution is 0.334. The first kappa shape index (κ1) is 10.8. The van der Waals surface area contributed by atoms with E-state index in [1.165, 1.54) is 29.3 Å². The number of hydrogen-bond donors (Lipinski definition) is 1. The van der Waals surface area contributed by atoms with Gasteiger partial charge in [0.25, 0.3) is 0 Å². The van der Waals surface area contributed by atoms with E-state index in [1.807, 2.05) is 17.9 Å². The van der Waals surface area contributed by atoms with E-state index in [9.17, 15) is 0 Å². The van der Waals surface area contributed by atoms with Crippen LogP contribution in [0.3, 0.4) is 0 Å². The fourth-order valence-corrected chi connectivity index (χ4v) is 2.77. The van der Waals surface area contributed by atoms with Gasteiger partial charge in [0.1, 0.15) is 0 Å². The van der Waals surface area contributed by atoms with E-state index in [-0.39, 0.29) is 0 Å². The standard InChI is InChI=1S/C14H19N3/c1-10-6-7-13(15-8-10)11-4-3-5-14-12(11)9-16-17(14)2/h3-5,9-10,13,15H,6-8H2,1-2H3. The van der Waals surface area contributed by atoms with Crippen LogP contribution in [-0.2, 0) is 7.05 Å². The van der Waals surface area contributed by atoms with Crippen LogP contribution in [0, 0.1) is 5.92 Å². The monoisotopic (exact) mass is 229 g/mol. The number of aryl methyl sites for hydroxylation is 1. The number of fused-ring (bicyclic) bond motifs is 1. The predicted octanol–water partition coefficient (Wildman–Crippen LogP) is 2.63. The highest BCUT2D eigenvalue weighted by molar-refractivity contribution is 5.82. The molecule has 0 amide bonds. The number of aromatic nitrogens is 2. The summed E-state index contributed by atoms with van der Waals surface area (Å²) in [5.41, 5.74) is 2.63. The second-order valence-corrected chi connectivity index (χ2v) is 5.19. The molecule has 1 aliphatic heterocycles. The fraction of sp³-hybridized carbons (Fsp3) is 0.500. The molecule has 1 saturated heterocycles. The second-order valence-electron chi connectivity index (χ2n) is 5.19. The van der Waals surface area contributed by atoms with E-state index in [0.29, 0.717) is 6.04 Å². The Morgan fingerprint density at radius 1 is 1.35 bits per heavy atom.